The van der Waals surface area contributed by atoms with Gasteiger partial charge >= 0.3 is 5.97 Å². The lowest BCUT2D eigenvalue weighted by atomic mass is 10.2. The summed E-state index contributed by atoms with van der Waals surface area (Å²) in [5, 5.41) is 4.51. The Morgan fingerprint density at radius 1 is 1.32 bits per heavy atom. The van der Waals surface area contributed by atoms with Gasteiger partial charge in [-0.05, 0) is 31.9 Å². The van der Waals surface area contributed by atoms with Gasteiger partial charge in [0.25, 0.3) is 5.91 Å². The molecule has 4 nitrogen and oxygen atoms in total. The van der Waals surface area contributed by atoms with Crippen molar-refractivity contribution in [2.24, 2.45) is 0 Å². The topological polar surface area (TPSA) is 55.4 Å². The molecule has 0 bridgehead atoms. The molecule has 1 aromatic heterocycles. The fourth-order valence-electron chi connectivity index (χ4n) is 2.94. The monoisotopic (exact) mass is 377 g/mol. The number of benzene rings is 1. The Kier molecular flexibility index (Phi) is 5.76. The minimum atomic E-state index is -0.810. The molecule has 1 saturated carbocycles. The highest BCUT2D eigenvalue weighted by Crippen LogP contribution is 2.35. The van der Waals surface area contributed by atoms with Crippen LogP contribution in [0, 0.1) is 0 Å². The van der Waals surface area contributed by atoms with E-state index in [1.165, 1.54) is 17.4 Å². The summed E-state index contributed by atoms with van der Waals surface area (Å²) in [4.78, 5) is 24.8. The van der Waals surface area contributed by atoms with Gasteiger partial charge in [0.15, 0.2) is 6.10 Å². The Morgan fingerprint density at radius 2 is 2.04 bits per heavy atom. The van der Waals surface area contributed by atoms with Gasteiger partial charge < -0.3 is 10.1 Å². The zero-order chi connectivity index (χ0) is 17.8. The summed E-state index contributed by atoms with van der Waals surface area (Å²) in [5.74, 6) is -0.795. The van der Waals surface area contributed by atoms with Crippen LogP contribution in [0.1, 0.15) is 37.5 Å². The first-order chi connectivity index (χ1) is 12.0. The molecule has 0 unspecified atom stereocenters. The van der Waals surface area contributed by atoms with E-state index in [1.807, 2.05) is 24.3 Å². The van der Waals surface area contributed by atoms with Crippen LogP contribution in [0.4, 0.5) is 0 Å². The van der Waals surface area contributed by atoms with E-state index in [9.17, 15) is 9.59 Å². The maximum Gasteiger partial charge on any atom is 0.331 e. The molecule has 1 aliphatic carbocycles. The first kappa shape index (κ1) is 18.0. The van der Waals surface area contributed by atoms with Crippen molar-refractivity contribution in [2.75, 3.05) is 0 Å². The van der Waals surface area contributed by atoms with E-state index in [4.69, 9.17) is 16.3 Å². The number of nitrogens with one attached hydrogen (secondary N) is 1. The van der Waals surface area contributed by atoms with Crippen LogP contribution in [-0.4, -0.2) is 24.0 Å². The summed E-state index contributed by atoms with van der Waals surface area (Å²) in [5.41, 5.74) is 0. The van der Waals surface area contributed by atoms with Gasteiger partial charge in [0.2, 0.25) is 0 Å². The van der Waals surface area contributed by atoms with E-state index in [1.54, 1.807) is 13.0 Å². The molecule has 6 heteroatoms. The number of hydrogen-bond acceptors (Lipinski definition) is 4. The molecule has 0 aliphatic heterocycles. The molecular weight excluding hydrogens is 358 g/mol. The van der Waals surface area contributed by atoms with Crippen LogP contribution >= 0.6 is 22.9 Å². The summed E-state index contributed by atoms with van der Waals surface area (Å²) in [6.07, 6.45) is 6.41. The molecule has 2 aromatic rings. The maximum atomic E-state index is 12.0. The number of fused-ring (bicyclic) bond motifs is 1. The average Bonchev–Trinajstić information content (AvgIpc) is 3.21. The average molecular weight is 378 g/mol. The Balaban J connectivity index is 1.58. The minimum absolute atomic E-state index is 0.210. The lowest BCUT2D eigenvalue weighted by molar-refractivity contribution is -0.150. The zero-order valence-corrected chi connectivity index (χ0v) is 15.5. The zero-order valence-electron chi connectivity index (χ0n) is 14.0. The Hall–Kier alpha value is -1.85. The second-order valence-corrected chi connectivity index (χ2v) is 7.64. The summed E-state index contributed by atoms with van der Waals surface area (Å²) >= 11 is 7.84. The van der Waals surface area contributed by atoms with Crippen molar-refractivity contribution in [1.82, 2.24) is 5.32 Å². The molecule has 3 rings (SSSR count). The summed E-state index contributed by atoms with van der Waals surface area (Å²) < 4.78 is 6.24. The normalized spacial score (nSPS) is 16.4. The lowest BCUT2D eigenvalue weighted by Gasteiger charge is -2.16. The van der Waals surface area contributed by atoms with Crippen LogP contribution < -0.4 is 5.32 Å². The summed E-state index contributed by atoms with van der Waals surface area (Å²) in [7, 11) is 0. The van der Waals surface area contributed by atoms with E-state index in [-0.39, 0.29) is 11.9 Å². The highest BCUT2D eigenvalue weighted by atomic mass is 35.5. The van der Waals surface area contributed by atoms with Crippen LogP contribution in [-0.2, 0) is 14.3 Å². The number of carbonyl (C=O) groups excluding carboxylic acids is 2. The predicted octanol–water partition coefficient (Wildman–Crippen LogP) is 4.56. The number of ether oxygens (including phenoxy) is 1. The number of halogens is 1. The van der Waals surface area contributed by atoms with Crippen molar-refractivity contribution in [3.8, 4) is 0 Å². The van der Waals surface area contributed by atoms with E-state index in [2.05, 4.69) is 5.32 Å². The molecule has 1 atom stereocenters. The molecule has 1 N–H and O–H groups in total. The fourth-order valence-corrected chi connectivity index (χ4v) is 4.34. The van der Waals surface area contributed by atoms with E-state index in [0.717, 1.165) is 40.6 Å². The van der Waals surface area contributed by atoms with E-state index in [0.29, 0.717) is 5.02 Å². The third-order valence-electron chi connectivity index (χ3n) is 4.29. The van der Waals surface area contributed by atoms with Crippen molar-refractivity contribution in [1.29, 1.82) is 0 Å². The minimum Gasteiger partial charge on any atom is -0.449 e. The van der Waals surface area contributed by atoms with Crippen LogP contribution in [0.5, 0.6) is 0 Å². The van der Waals surface area contributed by atoms with Gasteiger partial charge in [-0.25, -0.2) is 4.79 Å². The molecular formula is C19H20ClNO3S. The van der Waals surface area contributed by atoms with Crippen LogP contribution in [0.25, 0.3) is 16.2 Å². The highest BCUT2D eigenvalue weighted by molar-refractivity contribution is 7.20. The largest absolute Gasteiger partial charge is 0.449 e. The fraction of sp³-hybridized carbons (Fsp3) is 0.368. The van der Waals surface area contributed by atoms with Crippen molar-refractivity contribution in [3.63, 3.8) is 0 Å². The quantitative estimate of drug-likeness (QED) is 0.614. The first-order valence-corrected chi connectivity index (χ1v) is 9.60. The molecule has 0 saturated heterocycles. The Labute approximate surface area is 155 Å². The van der Waals surface area contributed by atoms with Crippen molar-refractivity contribution >= 4 is 51.0 Å². The molecule has 0 radical (unpaired) electrons. The van der Waals surface area contributed by atoms with Crippen molar-refractivity contribution < 1.29 is 14.3 Å². The molecule has 1 aromatic carbocycles. The smallest absolute Gasteiger partial charge is 0.331 e. The van der Waals surface area contributed by atoms with Gasteiger partial charge in [-0.3, -0.25) is 4.79 Å². The van der Waals surface area contributed by atoms with Crippen molar-refractivity contribution in [3.05, 3.63) is 40.2 Å². The molecule has 132 valence electrons. The molecule has 0 spiro atoms. The van der Waals surface area contributed by atoms with E-state index >= 15 is 0 Å². The van der Waals surface area contributed by atoms with Crippen LogP contribution in [0.3, 0.4) is 0 Å². The number of esters is 1. The van der Waals surface area contributed by atoms with Crippen molar-refractivity contribution in [2.45, 2.75) is 44.8 Å². The maximum absolute atomic E-state index is 12.0. The van der Waals surface area contributed by atoms with Gasteiger partial charge in [0.05, 0.1) is 5.02 Å². The number of carbonyl (C=O) groups is 2. The third kappa shape index (κ3) is 4.41. The molecule has 1 heterocycles. The molecule has 1 aliphatic rings. The van der Waals surface area contributed by atoms with Crippen LogP contribution in [0.15, 0.2) is 30.3 Å². The van der Waals surface area contributed by atoms with Gasteiger partial charge in [-0.15, -0.1) is 11.3 Å². The Morgan fingerprint density at radius 3 is 2.76 bits per heavy atom. The number of rotatable bonds is 5. The highest BCUT2D eigenvalue weighted by Gasteiger charge is 2.22. The molecule has 1 amide bonds. The summed E-state index contributed by atoms with van der Waals surface area (Å²) in [6, 6.07) is 8.01. The molecule has 1 fully saturated rings. The number of hydrogen-bond donors (Lipinski definition) is 1. The number of thiophene rings is 1. The van der Waals surface area contributed by atoms with Crippen LogP contribution in [0.2, 0.25) is 5.02 Å². The Bertz CT molecular complexity index is 808. The lowest BCUT2D eigenvalue weighted by Crippen LogP contribution is -2.40. The van der Waals surface area contributed by atoms with Gasteiger partial charge in [0, 0.05) is 27.1 Å². The summed E-state index contributed by atoms with van der Waals surface area (Å²) in [6.45, 7) is 1.59. The SMILES string of the molecule is C[C@H](OC(=O)/C=C/c1sc2ccccc2c1Cl)C(=O)NC1CCCC1. The van der Waals surface area contributed by atoms with Gasteiger partial charge in [0.1, 0.15) is 0 Å². The third-order valence-corrected chi connectivity index (χ3v) is 5.95. The van der Waals surface area contributed by atoms with E-state index < -0.39 is 12.1 Å². The first-order valence-electron chi connectivity index (χ1n) is 8.40. The van der Waals surface area contributed by atoms with Gasteiger partial charge in [-0.1, -0.05) is 42.6 Å². The number of amides is 1. The standard InChI is InChI=1S/C19H20ClNO3S/c1-12(19(23)21-13-6-2-3-7-13)24-17(22)11-10-16-18(20)14-8-4-5-9-15(14)25-16/h4-5,8-13H,2-3,6-7H2,1H3,(H,21,23)/b11-10+/t12-/m0/s1. The second kappa shape index (κ2) is 8.02. The second-order valence-electron chi connectivity index (χ2n) is 6.18. The van der Waals surface area contributed by atoms with Gasteiger partial charge in [-0.2, -0.15) is 0 Å². The predicted molar refractivity (Wildman–Crippen MR) is 102 cm³/mol. The molecule has 25 heavy (non-hydrogen) atoms.